The molecule has 1 amide bonds. The van der Waals surface area contributed by atoms with E-state index in [4.69, 9.17) is 4.74 Å². The summed E-state index contributed by atoms with van der Waals surface area (Å²) >= 11 is 0. The molecule has 0 bridgehead atoms. The van der Waals surface area contributed by atoms with Crippen molar-refractivity contribution in [3.8, 4) is 0 Å². The maximum absolute atomic E-state index is 12.8. The van der Waals surface area contributed by atoms with Crippen LogP contribution in [0.4, 0.5) is 8.78 Å². The summed E-state index contributed by atoms with van der Waals surface area (Å²) < 4.78 is 30.4. The number of rotatable bonds is 4. The van der Waals surface area contributed by atoms with E-state index in [-0.39, 0.29) is 18.4 Å². The first-order valence-corrected chi connectivity index (χ1v) is 4.85. The van der Waals surface area contributed by atoms with Gasteiger partial charge in [-0.1, -0.05) is 0 Å². The zero-order valence-electron chi connectivity index (χ0n) is 9.26. The SMILES string of the molecule is COC[C@@H](C)NC(=O)C1CC(F)(F)CN1.Cl. The minimum atomic E-state index is -2.77. The van der Waals surface area contributed by atoms with Crippen LogP contribution in [-0.2, 0) is 9.53 Å². The molecule has 1 aliphatic rings. The highest BCUT2D eigenvalue weighted by molar-refractivity contribution is 5.85. The number of alkyl halides is 2. The molecular formula is C9H17ClF2N2O2. The Balaban J connectivity index is 0.00000225. The molecule has 2 atom stereocenters. The summed E-state index contributed by atoms with van der Waals surface area (Å²) in [5, 5.41) is 5.09. The molecule has 0 aromatic heterocycles. The third-order valence-electron chi connectivity index (χ3n) is 2.23. The second kappa shape index (κ2) is 6.32. The number of carbonyl (C=O) groups is 1. The molecule has 2 N–H and O–H groups in total. The maximum atomic E-state index is 12.8. The monoisotopic (exact) mass is 258 g/mol. The van der Waals surface area contributed by atoms with E-state index in [1.807, 2.05) is 0 Å². The smallest absolute Gasteiger partial charge is 0.262 e. The molecule has 0 radical (unpaired) electrons. The van der Waals surface area contributed by atoms with Crippen LogP contribution >= 0.6 is 12.4 Å². The van der Waals surface area contributed by atoms with Crippen molar-refractivity contribution in [2.45, 2.75) is 31.4 Å². The predicted molar refractivity (Wildman–Crippen MR) is 58.1 cm³/mol. The normalized spacial score (nSPS) is 24.6. The van der Waals surface area contributed by atoms with Gasteiger partial charge >= 0.3 is 0 Å². The number of methoxy groups -OCH3 is 1. The molecule has 0 aromatic rings. The van der Waals surface area contributed by atoms with Crippen LogP contribution in [-0.4, -0.2) is 44.2 Å². The third-order valence-corrected chi connectivity index (χ3v) is 2.23. The molecule has 1 unspecified atom stereocenters. The summed E-state index contributed by atoms with van der Waals surface area (Å²) in [7, 11) is 1.52. The van der Waals surface area contributed by atoms with Crippen LogP contribution in [0.5, 0.6) is 0 Å². The predicted octanol–water partition coefficient (Wildman–Crippen LogP) is 0.556. The Morgan fingerprint density at radius 3 is 2.75 bits per heavy atom. The van der Waals surface area contributed by atoms with Gasteiger partial charge in [-0.2, -0.15) is 0 Å². The molecule has 1 aliphatic heterocycles. The number of hydrogen-bond acceptors (Lipinski definition) is 3. The highest BCUT2D eigenvalue weighted by atomic mass is 35.5. The molecule has 7 heteroatoms. The van der Waals surface area contributed by atoms with E-state index in [0.29, 0.717) is 6.61 Å². The van der Waals surface area contributed by atoms with Crippen molar-refractivity contribution in [3.05, 3.63) is 0 Å². The average Bonchev–Trinajstić information content (AvgIpc) is 2.46. The summed E-state index contributed by atoms with van der Waals surface area (Å²) in [4.78, 5) is 11.5. The number of halogens is 3. The molecule has 1 rings (SSSR count). The van der Waals surface area contributed by atoms with Crippen LogP contribution < -0.4 is 10.6 Å². The van der Waals surface area contributed by atoms with Gasteiger partial charge in [-0.05, 0) is 6.92 Å². The summed E-state index contributed by atoms with van der Waals surface area (Å²) in [6.07, 6.45) is -0.432. The topological polar surface area (TPSA) is 50.4 Å². The highest BCUT2D eigenvalue weighted by Gasteiger charge is 2.42. The first-order valence-electron chi connectivity index (χ1n) is 4.85. The molecular weight excluding hydrogens is 242 g/mol. The van der Waals surface area contributed by atoms with E-state index in [1.165, 1.54) is 7.11 Å². The Morgan fingerprint density at radius 1 is 1.69 bits per heavy atom. The molecule has 0 aromatic carbocycles. The van der Waals surface area contributed by atoms with Gasteiger partial charge in [0.25, 0.3) is 5.92 Å². The fourth-order valence-corrected chi connectivity index (χ4v) is 1.54. The standard InChI is InChI=1S/C9H16F2N2O2.ClH/c1-6(4-15-2)13-8(14)7-3-9(10,11)5-12-7;/h6-7,12H,3-5H2,1-2H3,(H,13,14);1H/t6-,7?;/m1./s1. The molecule has 1 fully saturated rings. The van der Waals surface area contributed by atoms with E-state index < -0.39 is 30.8 Å². The fourth-order valence-electron chi connectivity index (χ4n) is 1.54. The number of hydrogen-bond donors (Lipinski definition) is 2. The molecule has 1 saturated heterocycles. The van der Waals surface area contributed by atoms with Crippen LogP contribution in [0.2, 0.25) is 0 Å². The Labute approximate surface area is 99.5 Å². The minimum absolute atomic E-state index is 0. The van der Waals surface area contributed by atoms with Crippen LogP contribution in [0.25, 0.3) is 0 Å². The van der Waals surface area contributed by atoms with E-state index >= 15 is 0 Å². The van der Waals surface area contributed by atoms with Gasteiger partial charge in [-0.15, -0.1) is 12.4 Å². The van der Waals surface area contributed by atoms with Crippen molar-refractivity contribution >= 4 is 18.3 Å². The van der Waals surface area contributed by atoms with E-state index in [9.17, 15) is 13.6 Å². The Morgan fingerprint density at radius 2 is 2.31 bits per heavy atom. The molecule has 16 heavy (non-hydrogen) atoms. The first kappa shape index (κ1) is 15.5. The Kier molecular flexibility index (Phi) is 6.14. The lowest BCUT2D eigenvalue weighted by Crippen LogP contribution is -2.45. The van der Waals surface area contributed by atoms with Crippen LogP contribution in [0.1, 0.15) is 13.3 Å². The van der Waals surface area contributed by atoms with Crippen molar-refractivity contribution in [3.63, 3.8) is 0 Å². The van der Waals surface area contributed by atoms with Gasteiger partial charge in [-0.25, -0.2) is 8.78 Å². The van der Waals surface area contributed by atoms with Gasteiger partial charge in [0, 0.05) is 19.6 Å². The summed E-state index contributed by atoms with van der Waals surface area (Å²) in [6.45, 7) is 1.70. The number of carbonyl (C=O) groups excluding carboxylic acids is 1. The van der Waals surface area contributed by atoms with E-state index in [2.05, 4.69) is 10.6 Å². The number of amides is 1. The maximum Gasteiger partial charge on any atom is 0.262 e. The number of ether oxygens (including phenoxy) is 1. The van der Waals surface area contributed by atoms with Crippen LogP contribution in [0.3, 0.4) is 0 Å². The summed E-state index contributed by atoms with van der Waals surface area (Å²) in [5.74, 6) is -3.16. The zero-order valence-corrected chi connectivity index (χ0v) is 10.1. The average molecular weight is 259 g/mol. The van der Waals surface area contributed by atoms with Gasteiger partial charge < -0.3 is 10.1 Å². The summed E-state index contributed by atoms with van der Waals surface area (Å²) in [6, 6.07) is -0.960. The van der Waals surface area contributed by atoms with Gasteiger partial charge in [0.2, 0.25) is 5.91 Å². The lowest BCUT2D eigenvalue weighted by molar-refractivity contribution is -0.124. The lowest BCUT2D eigenvalue weighted by atomic mass is 10.1. The molecule has 0 aliphatic carbocycles. The minimum Gasteiger partial charge on any atom is -0.383 e. The highest BCUT2D eigenvalue weighted by Crippen LogP contribution is 2.24. The van der Waals surface area contributed by atoms with Gasteiger partial charge in [0.15, 0.2) is 0 Å². The van der Waals surface area contributed by atoms with Crippen molar-refractivity contribution in [1.29, 1.82) is 0 Å². The second-order valence-electron chi connectivity index (χ2n) is 3.86. The van der Waals surface area contributed by atoms with Crippen molar-refractivity contribution in [2.24, 2.45) is 0 Å². The molecule has 0 saturated carbocycles. The second-order valence-corrected chi connectivity index (χ2v) is 3.86. The van der Waals surface area contributed by atoms with E-state index in [1.54, 1.807) is 6.92 Å². The van der Waals surface area contributed by atoms with Crippen molar-refractivity contribution in [1.82, 2.24) is 10.6 Å². The summed E-state index contributed by atoms with van der Waals surface area (Å²) in [5.41, 5.74) is 0. The molecule has 1 heterocycles. The van der Waals surface area contributed by atoms with Crippen molar-refractivity contribution in [2.75, 3.05) is 20.3 Å². The lowest BCUT2D eigenvalue weighted by Gasteiger charge is -2.16. The molecule has 0 spiro atoms. The van der Waals surface area contributed by atoms with Gasteiger partial charge in [0.05, 0.1) is 19.2 Å². The van der Waals surface area contributed by atoms with Crippen molar-refractivity contribution < 1.29 is 18.3 Å². The molecule has 4 nitrogen and oxygen atoms in total. The fraction of sp³-hybridized carbons (Fsp3) is 0.889. The quantitative estimate of drug-likeness (QED) is 0.775. The number of nitrogens with one attached hydrogen (secondary N) is 2. The first-order chi connectivity index (χ1) is 6.94. The molecule has 96 valence electrons. The third kappa shape index (κ3) is 4.59. The Hall–Kier alpha value is -0.460. The zero-order chi connectivity index (χ0) is 11.5. The van der Waals surface area contributed by atoms with Crippen LogP contribution in [0, 0.1) is 0 Å². The van der Waals surface area contributed by atoms with Gasteiger partial charge in [-0.3, -0.25) is 10.1 Å². The Bertz CT molecular complexity index is 242. The van der Waals surface area contributed by atoms with Crippen LogP contribution in [0.15, 0.2) is 0 Å². The largest absolute Gasteiger partial charge is 0.383 e. The van der Waals surface area contributed by atoms with Gasteiger partial charge in [0.1, 0.15) is 0 Å². The van der Waals surface area contributed by atoms with E-state index in [0.717, 1.165) is 0 Å².